The summed E-state index contributed by atoms with van der Waals surface area (Å²) < 4.78 is 1.60. The lowest BCUT2D eigenvalue weighted by atomic mass is 10.6. The number of H-pyrrole nitrogens is 1. The van der Waals surface area contributed by atoms with E-state index in [9.17, 15) is 0 Å². The van der Waals surface area contributed by atoms with Crippen LogP contribution in [0.1, 0.15) is 0 Å². The van der Waals surface area contributed by atoms with E-state index >= 15 is 0 Å². The van der Waals surface area contributed by atoms with Gasteiger partial charge < -0.3 is 4.98 Å². The van der Waals surface area contributed by atoms with Crippen LogP contribution in [-0.4, -0.2) is 39.5 Å². The molecule has 98 valence electrons. The van der Waals surface area contributed by atoms with Gasteiger partial charge in [0.05, 0.1) is 6.33 Å². The number of aromatic nitrogens is 8. The lowest BCUT2D eigenvalue weighted by molar-refractivity contribution is 0.841. The van der Waals surface area contributed by atoms with Crippen molar-refractivity contribution in [3.8, 4) is 0 Å². The van der Waals surface area contributed by atoms with E-state index < -0.39 is 0 Å². The highest BCUT2D eigenvalue weighted by Gasteiger charge is 2.12. The molecule has 0 amide bonds. The van der Waals surface area contributed by atoms with E-state index in [1.54, 1.807) is 16.9 Å². The van der Waals surface area contributed by atoms with Gasteiger partial charge in [0.25, 0.3) is 5.78 Å². The second kappa shape index (κ2) is 4.39. The maximum Gasteiger partial charge on any atom is 0.254 e. The Morgan fingerprint density at radius 3 is 3.05 bits per heavy atom. The zero-order valence-electron chi connectivity index (χ0n) is 9.73. The second-order valence-corrected chi connectivity index (χ2v) is 5.17. The average Bonchev–Trinajstić information content (AvgIpc) is 3.06. The van der Waals surface area contributed by atoms with E-state index in [-0.39, 0.29) is 0 Å². The van der Waals surface area contributed by atoms with Gasteiger partial charge in [0.1, 0.15) is 33.4 Å². The van der Waals surface area contributed by atoms with Gasteiger partial charge in [-0.05, 0) is 11.8 Å². The van der Waals surface area contributed by atoms with Crippen molar-refractivity contribution in [3.63, 3.8) is 0 Å². The summed E-state index contributed by atoms with van der Waals surface area (Å²) in [4.78, 5) is 23.5. The van der Waals surface area contributed by atoms with Crippen molar-refractivity contribution < 1.29 is 0 Å². The Hall–Kier alpha value is -2.26. The minimum absolute atomic E-state index is 0.350. The number of rotatable bonds is 2. The Morgan fingerprint density at radius 2 is 2.10 bits per heavy atom. The van der Waals surface area contributed by atoms with Gasteiger partial charge in [-0.1, -0.05) is 11.6 Å². The van der Waals surface area contributed by atoms with Gasteiger partial charge in [-0.3, -0.25) is 0 Å². The van der Waals surface area contributed by atoms with Crippen molar-refractivity contribution in [3.05, 3.63) is 30.2 Å². The predicted octanol–water partition coefficient (Wildman–Crippen LogP) is 1.60. The van der Waals surface area contributed by atoms with Crippen LogP contribution in [0.5, 0.6) is 0 Å². The lowest BCUT2D eigenvalue weighted by Gasteiger charge is -2.03. The summed E-state index contributed by atoms with van der Waals surface area (Å²) in [5.74, 6) is 0.440. The summed E-state index contributed by atoms with van der Waals surface area (Å²) in [6, 6.07) is 1.71. The zero-order chi connectivity index (χ0) is 13.5. The molecule has 1 N–H and O–H groups in total. The van der Waals surface area contributed by atoms with Crippen molar-refractivity contribution >= 4 is 40.3 Å². The Labute approximate surface area is 120 Å². The van der Waals surface area contributed by atoms with Gasteiger partial charge in [0.15, 0.2) is 5.65 Å². The quantitative estimate of drug-likeness (QED) is 0.562. The summed E-state index contributed by atoms with van der Waals surface area (Å²) in [5, 5.41) is 5.95. The van der Waals surface area contributed by atoms with E-state index in [0.29, 0.717) is 16.6 Å². The second-order valence-electron chi connectivity index (χ2n) is 3.77. The Morgan fingerprint density at radius 1 is 1.15 bits per heavy atom. The molecule has 0 spiro atoms. The lowest BCUT2D eigenvalue weighted by Crippen LogP contribution is -1.96. The third-order valence-electron chi connectivity index (χ3n) is 2.58. The Bertz CT molecular complexity index is 916. The van der Waals surface area contributed by atoms with Gasteiger partial charge >= 0.3 is 0 Å². The molecule has 0 aliphatic carbocycles. The van der Waals surface area contributed by atoms with Crippen LogP contribution in [0.25, 0.3) is 16.9 Å². The maximum absolute atomic E-state index is 5.99. The number of aromatic amines is 1. The monoisotopic (exact) mass is 304 g/mol. The number of fused-ring (bicyclic) bond motifs is 2. The maximum atomic E-state index is 5.99. The molecule has 0 aliphatic heterocycles. The number of imidazole rings is 1. The summed E-state index contributed by atoms with van der Waals surface area (Å²) in [7, 11) is 0. The van der Waals surface area contributed by atoms with Crippen LogP contribution in [0.15, 0.2) is 35.1 Å². The Balaban J connectivity index is 1.88. The van der Waals surface area contributed by atoms with Crippen LogP contribution in [0, 0.1) is 0 Å². The zero-order valence-corrected chi connectivity index (χ0v) is 11.3. The van der Waals surface area contributed by atoms with Gasteiger partial charge in [-0.2, -0.15) is 19.6 Å². The SMILES string of the molecule is Clc1cc(Sc2ncnc3nc[nH]c23)n2ncnc2n1. The van der Waals surface area contributed by atoms with Crippen LogP contribution in [0.3, 0.4) is 0 Å². The first-order chi connectivity index (χ1) is 9.81. The highest BCUT2D eigenvalue weighted by molar-refractivity contribution is 7.99. The Kier molecular flexibility index (Phi) is 2.54. The largest absolute Gasteiger partial charge is 0.341 e. The van der Waals surface area contributed by atoms with Gasteiger partial charge in [0.2, 0.25) is 0 Å². The molecule has 0 unspecified atom stereocenters. The molecule has 0 fully saturated rings. The normalized spacial score (nSPS) is 11.4. The van der Waals surface area contributed by atoms with E-state index in [2.05, 4.69) is 35.0 Å². The van der Waals surface area contributed by atoms with Crippen LogP contribution in [0.2, 0.25) is 5.15 Å². The van der Waals surface area contributed by atoms with Crippen LogP contribution >= 0.6 is 23.4 Å². The van der Waals surface area contributed by atoms with Gasteiger partial charge in [0, 0.05) is 6.07 Å². The van der Waals surface area contributed by atoms with Crippen molar-refractivity contribution in [1.29, 1.82) is 0 Å². The fraction of sp³-hybridized carbons (Fsp3) is 0. The molecule has 4 heterocycles. The topological polar surface area (TPSA) is 97.5 Å². The number of nitrogens with one attached hydrogen (secondary N) is 1. The first kappa shape index (κ1) is 11.6. The molecule has 8 nitrogen and oxygen atoms in total. The van der Waals surface area contributed by atoms with Crippen molar-refractivity contribution in [1.82, 2.24) is 39.5 Å². The first-order valence-electron chi connectivity index (χ1n) is 5.49. The molecule has 0 atom stereocenters. The van der Waals surface area contributed by atoms with E-state index in [1.807, 2.05) is 0 Å². The molecule has 4 aromatic heterocycles. The number of nitrogens with zero attached hydrogens (tertiary/aromatic N) is 7. The average molecular weight is 305 g/mol. The third kappa shape index (κ3) is 1.79. The van der Waals surface area contributed by atoms with Crippen molar-refractivity contribution in [2.75, 3.05) is 0 Å². The highest BCUT2D eigenvalue weighted by Crippen LogP contribution is 2.30. The third-order valence-corrected chi connectivity index (χ3v) is 3.77. The van der Waals surface area contributed by atoms with Crippen LogP contribution < -0.4 is 0 Å². The van der Waals surface area contributed by atoms with E-state index in [1.165, 1.54) is 24.4 Å². The molecule has 20 heavy (non-hydrogen) atoms. The molecule has 0 saturated carbocycles. The highest BCUT2D eigenvalue weighted by atomic mass is 35.5. The first-order valence-corrected chi connectivity index (χ1v) is 6.69. The molecular formula is C10H5ClN8S. The number of halogens is 1. The summed E-state index contributed by atoms with van der Waals surface area (Å²) in [5.41, 5.74) is 1.37. The van der Waals surface area contributed by atoms with Crippen molar-refractivity contribution in [2.45, 2.75) is 10.1 Å². The minimum atomic E-state index is 0.350. The minimum Gasteiger partial charge on any atom is -0.341 e. The molecule has 4 aromatic rings. The fourth-order valence-electron chi connectivity index (χ4n) is 1.75. The molecule has 0 radical (unpaired) electrons. The summed E-state index contributed by atoms with van der Waals surface area (Å²) in [6.07, 6.45) is 4.47. The molecular weight excluding hydrogens is 300 g/mol. The predicted molar refractivity (Wildman–Crippen MR) is 71.6 cm³/mol. The van der Waals surface area contributed by atoms with E-state index in [0.717, 1.165) is 15.6 Å². The van der Waals surface area contributed by atoms with E-state index in [4.69, 9.17) is 11.6 Å². The number of hydrogen-bond donors (Lipinski definition) is 1. The van der Waals surface area contributed by atoms with Crippen LogP contribution in [-0.2, 0) is 0 Å². The molecule has 4 rings (SSSR count). The smallest absolute Gasteiger partial charge is 0.254 e. The summed E-state index contributed by atoms with van der Waals surface area (Å²) in [6.45, 7) is 0. The van der Waals surface area contributed by atoms with Crippen molar-refractivity contribution in [2.24, 2.45) is 0 Å². The summed E-state index contributed by atoms with van der Waals surface area (Å²) >= 11 is 7.37. The number of hydrogen-bond acceptors (Lipinski definition) is 7. The van der Waals surface area contributed by atoms with Gasteiger partial charge in [-0.15, -0.1) is 0 Å². The molecule has 10 heteroatoms. The molecule has 0 saturated heterocycles. The van der Waals surface area contributed by atoms with Crippen LogP contribution in [0.4, 0.5) is 0 Å². The molecule has 0 aliphatic rings. The molecule has 0 bridgehead atoms. The standard InChI is InChI=1S/C10H5ClN8S/c11-5-1-6(19-10(18-5)16-4-17-19)20-9-7-8(13-2-12-7)14-3-15-9/h1-4H,(H,12,13,14,15). The molecule has 0 aromatic carbocycles. The fourth-order valence-corrected chi connectivity index (χ4v) is 2.93. The van der Waals surface area contributed by atoms with Gasteiger partial charge in [-0.25, -0.2) is 15.0 Å².